The molecule has 0 unspecified atom stereocenters. The third-order valence-corrected chi connectivity index (χ3v) is 3.91. The Morgan fingerprint density at radius 2 is 2.38 bits per heavy atom. The van der Waals surface area contributed by atoms with Gasteiger partial charge in [0.1, 0.15) is 5.75 Å². The summed E-state index contributed by atoms with van der Waals surface area (Å²) in [6.45, 7) is 5.11. The molecule has 0 atom stereocenters. The molecule has 0 saturated carbocycles. The lowest BCUT2D eigenvalue weighted by Crippen LogP contribution is -2.24. The molecule has 1 amide bonds. The van der Waals surface area contributed by atoms with Gasteiger partial charge in [-0.05, 0) is 6.92 Å². The minimum absolute atomic E-state index is 0.197. The molecule has 0 aliphatic heterocycles. The van der Waals surface area contributed by atoms with E-state index in [1.165, 1.54) is 17.4 Å². The van der Waals surface area contributed by atoms with Crippen LogP contribution in [0.25, 0.3) is 0 Å². The van der Waals surface area contributed by atoms with Gasteiger partial charge in [-0.3, -0.25) is 4.79 Å². The fourth-order valence-electron chi connectivity index (χ4n) is 1.00. The molecular weight excluding hydrogens is 248 g/mol. The van der Waals surface area contributed by atoms with Crippen molar-refractivity contribution in [1.29, 1.82) is 0 Å². The van der Waals surface area contributed by atoms with Gasteiger partial charge in [0.2, 0.25) is 5.91 Å². The molecule has 1 aromatic rings. The maximum atomic E-state index is 11.4. The monoisotopic (exact) mass is 260 g/mol. The minimum Gasteiger partial charge on any atom is -0.301 e. The third kappa shape index (κ3) is 4.11. The smallest absolute Gasteiger partial charge is 0.241 e. The molecule has 0 aromatic carbocycles. The van der Waals surface area contributed by atoms with Crippen molar-refractivity contribution < 1.29 is 13.2 Å². The summed E-state index contributed by atoms with van der Waals surface area (Å²) in [5.41, 5.74) is 0.786. The van der Waals surface area contributed by atoms with Gasteiger partial charge >= 0.3 is 0 Å². The van der Waals surface area contributed by atoms with E-state index >= 15 is 0 Å². The first kappa shape index (κ1) is 12.9. The first-order chi connectivity index (χ1) is 7.43. The van der Waals surface area contributed by atoms with Gasteiger partial charge in [-0.25, -0.2) is 13.4 Å². The lowest BCUT2D eigenvalue weighted by Gasteiger charge is -2.01. The highest BCUT2D eigenvalue weighted by molar-refractivity contribution is 7.92. The zero-order valence-electron chi connectivity index (χ0n) is 8.76. The van der Waals surface area contributed by atoms with Crippen LogP contribution < -0.4 is 5.32 Å². The maximum Gasteiger partial charge on any atom is 0.241 e. The van der Waals surface area contributed by atoms with E-state index in [4.69, 9.17) is 0 Å². The van der Waals surface area contributed by atoms with E-state index in [1.807, 2.05) is 0 Å². The quantitative estimate of drug-likeness (QED) is 0.801. The molecule has 16 heavy (non-hydrogen) atoms. The lowest BCUT2D eigenvalue weighted by molar-refractivity contribution is -0.113. The van der Waals surface area contributed by atoms with Gasteiger partial charge in [0.05, 0.1) is 11.4 Å². The molecule has 0 bridgehead atoms. The molecule has 0 fully saturated rings. The topological polar surface area (TPSA) is 76.1 Å². The summed E-state index contributed by atoms with van der Waals surface area (Å²) in [5, 5.41) is 4.62. The second-order valence-electron chi connectivity index (χ2n) is 3.19. The number of hydrogen-bond acceptors (Lipinski definition) is 5. The van der Waals surface area contributed by atoms with Crippen LogP contribution in [0.15, 0.2) is 18.0 Å². The average molecular weight is 260 g/mol. The summed E-state index contributed by atoms with van der Waals surface area (Å²) in [6, 6.07) is 0. The molecule has 0 radical (unpaired) electrons. The number of carbonyl (C=O) groups is 1. The number of thiazole rings is 1. The van der Waals surface area contributed by atoms with Crippen molar-refractivity contribution in [2.45, 2.75) is 6.92 Å². The van der Waals surface area contributed by atoms with Crippen LogP contribution in [0.4, 0.5) is 5.13 Å². The van der Waals surface area contributed by atoms with Gasteiger partial charge in [-0.1, -0.05) is 6.08 Å². The summed E-state index contributed by atoms with van der Waals surface area (Å²) in [6.07, 6.45) is 1.26. The van der Waals surface area contributed by atoms with Crippen LogP contribution >= 0.6 is 11.3 Å². The van der Waals surface area contributed by atoms with Crippen LogP contribution in [0, 0.1) is 6.92 Å². The summed E-state index contributed by atoms with van der Waals surface area (Å²) in [7, 11) is -3.40. The molecule has 0 spiro atoms. The van der Waals surface area contributed by atoms with Crippen molar-refractivity contribution >= 4 is 32.2 Å². The Hall–Kier alpha value is -1.21. The van der Waals surface area contributed by atoms with E-state index in [1.54, 1.807) is 12.3 Å². The number of nitrogens with one attached hydrogen (secondary N) is 1. The highest BCUT2D eigenvalue weighted by atomic mass is 32.2. The lowest BCUT2D eigenvalue weighted by atomic mass is 10.6. The normalized spacial score (nSPS) is 11.1. The van der Waals surface area contributed by atoms with Crippen molar-refractivity contribution in [3.63, 3.8) is 0 Å². The van der Waals surface area contributed by atoms with Crippen LogP contribution in [-0.4, -0.2) is 30.8 Å². The molecular formula is C9H12N2O3S2. The molecule has 1 N–H and O–H groups in total. The van der Waals surface area contributed by atoms with Gasteiger partial charge in [0.15, 0.2) is 15.0 Å². The van der Waals surface area contributed by atoms with Gasteiger partial charge in [0, 0.05) is 5.38 Å². The van der Waals surface area contributed by atoms with Gasteiger partial charge in [-0.2, -0.15) is 0 Å². The third-order valence-electron chi connectivity index (χ3n) is 1.59. The SMILES string of the molecule is C=CCS(=O)(=O)CC(=O)Nc1nc(C)cs1. The molecule has 0 saturated heterocycles. The second-order valence-corrected chi connectivity index (χ2v) is 6.15. The minimum atomic E-state index is -3.40. The maximum absolute atomic E-state index is 11.4. The van der Waals surface area contributed by atoms with Crippen molar-refractivity contribution in [1.82, 2.24) is 4.98 Å². The molecule has 7 heteroatoms. The Labute approximate surface area is 98.1 Å². The van der Waals surface area contributed by atoms with Crippen LogP contribution in [0.1, 0.15) is 5.69 Å². The van der Waals surface area contributed by atoms with Crippen molar-refractivity contribution in [3.05, 3.63) is 23.7 Å². The molecule has 88 valence electrons. The summed E-state index contributed by atoms with van der Waals surface area (Å²) in [4.78, 5) is 15.4. The molecule has 1 aromatic heterocycles. The zero-order chi connectivity index (χ0) is 12.2. The Kier molecular flexibility index (Phi) is 4.19. The number of hydrogen-bond donors (Lipinski definition) is 1. The number of aromatic nitrogens is 1. The molecule has 1 rings (SSSR count). The van der Waals surface area contributed by atoms with E-state index in [9.17, 15) is 13.2 Å². The molecule has 0 aliphatic carbocycles. The first-order valence-corrected chi connectivity index (χ1v) is 7.16. The van der Waals surface area contributed by atoms with E-state index in [2.05, 4.69) is 16.9 Å². The fraction of sp³-hybridized carbons (Fsp3) is 0.333. The average Bonchev–Trinajstić information content (AvgIpc) is 2.49. The Morgan fingerprint density at radius 1 is 1.69 bits per heavy atom. The highest BCUT2D eigenvalue weighted by Crippen LogP contribution is 2.14. The standard InChI is InChI=1S/C9H12N2O3S2/c1-3-4-16(13,14)6-8(12)11-9-10-7(2)5-15-9/h3,5H,1,4,6H2,2H3,(H,10,11,12). The van der Waals surface area contributed by atoms with Crippen molar-refractivity contribution in [3.8, 4) is 0 Å². The number of sulfone groups is 1. The summed E-state index contributed by atoms with van der Waals surface area (Å²) >= 11 is 1.26. The number of carbonyl (C=O) groups excluding carboxylic acids is 1. The number of nitrogens with zero attached hydrogens (tertiary/aromatic N) is 1. The van der Waals surface area contributed by atoms with Crippen molar-refractivity contribution in [2.75, 3.05) is 16.8 Å². The Balaban J connectivity index is 2.57. The number of aryl methyl sites for hydroxylation is 1. The second kappa shape index (κ2) is 5.22. The van der Waals surface area contributed by atoms with Gasteiger partial charge in [-0.15, -0.1) is 17.9 Å². The van der Waals surface area contributed by atoms with E-state index in [-0.39, 0.29) is 5.75 Å². The Morgan fingerprint density at radius 3 is 2.88 bits per heavy atom. The predicted molar refractivity (Wildman–Crippen MR) is 64.3 cm³/mol. The van der Waals surface area contributed by atoms with Crippen LogP contribution in [0.3, 0.4) is 0 Å². The van der Waals surface area contributed by atoms with Crippen LogP contribution in [0.2, 0.25) is 0 Å². The molecule has 5 nitrogen and oxygen atoms in total. The Bertz CT molecular complexity index is 491. The number of amides is 1. The number of anilines is 1. The first-order valence-electron chi connectivity index (χ1n) is 4.46. The van der Waals surface area contributed by atoms with Crippen LogP contribution in [-0.2, 0) is 14.6 Å². The fourth-order valence-corrected chi connectivity index (χ4v) is 2.66. The molecule has 1 heterocycles. The van der Waals surface area contributed by atoms with E-state index < -0.39 is 21.5 Å². The van der Waals surface area contributed by atoms with Crippen LogP contribution in [0.5, 0.6) is 0 Å². The predicted octanol–water partition coefficient (Wildman–Crippen LogP) is 0.991. The van der Waals surface area contributed by atoms with Gasteiger partial charge in [0.25, 0.3) is 0 Å². The summed E-state index contributed by atoms with van der Waals surface area (Å²) < 4.78 is 22.6. The highest BCUT2D eigenvalue weighted by Gasteiger charge is 2.15. The number of rotatable bonds is 5. The van der Waals surface area contributed by atoms with E-state index in [0.717, 1.165) is 5.69 Å². The van der Waals surface area contributed by atoms with Crippen molar-refractivity contribution in [2.24, 2.45) is 0 Å². The largest absolute Gasteiger partial charge is 0.301 e. The summed E-state index contributed by atoms with van der Waals surface area (Å²) in [5.74, 6) is -1.31. The zero-order valence-corrected chi connectivity index (χ0v) is 10.4. The van der Waals surface area contributed by atoms with Gasteiger partial charge < -0.3 is 5.32 Å². The van der Waals surface area contributed by atoms with E-state index in [0.29, 0.717) is 5.13 Å². The molecule has 0 aliphatic rings.